The fraction of sp³-hybridized carbons (Fsp3) is 0.333. The molecule has 2 amide bonds. The van der Waals surface area contributed by atoms with Crippen LogP contribution >= 0.6 is 0 Å². The third-order valence-electron chi connectivity index (χ3n) is 5.71. The topological polar surface area (TPSA) is 80.1 Å². The van der Waals surface area contributed by atoms with Crippen LogP contribution in [0.2, 0.25) is 0 Å². The van der Waals surface area contributed by atoms with E-state index in [-0.39, 0.29) is 29.6 Å². The molecule has 1 aliphatic rings. The predicted molar refractivity (Wildman–Crippen MR) is 118 cm³/mol. The molecule has 1 aromatic carbocycles. The van der Waals surface area contributed by atoms with Crippen molar-refractivity contribution in [3.63, 3.8) is 0 Å². The lowest BCUT2D eigenvalue weighted by molar-refractivity contribution is 0.0698. The summed E-state index contributed by atoms with van der Waals surface area (Å²) in [5, 5.41) is 7.50. The molecule has 1 saturated heterocycles. The number of aromatic nitrogens is 3. The van der Waals surface area contributed by atoms with Crippen molar-refractivity contribution in [2.75, 3.05) is 13.1 Å². The van der Waals surface area contributed by atoms with Gasteiger partial charge in [0.1, 0.15) is 5.82 Å². The van der Waals surface area contributed by atoms with E-state index in [1.54, 1.807) is 47.5 Å². The van der Waals surface area contributed by atoms with E-state index in [0.29, 0.717) is 42.7 Å². The van der Waals surface area contributed by atoms with Gasteiger partial charge in [-0.05, 0) is 55.2 Å². The Labute approximate surface area is 186 Å². The van der Waals surface area contributed by atoms with Crippen LogP contribution < -0.4 is 5.32 Å². The van der Waals surface area contributed by atoms with E-state index in [4.69, 9.17) is 0 Å². The Morgan fingerprint density at radius 3 is 2.34 bits per heavy atom. The Balaban J connectivity index is 1.42. The van der Waals surface area contributed by atoms with Gasteiger partial charge in [-0.1, -0.05) is 13.8 Å². The molecule has 3 aromatic rings. The summed E-state index contributed by atoms with van der Waals surface area (Å²) in [4.78, 5) is 31.4. The summed E-state index contributed by atoms with van der Waals surface area (Å²) in [5.41, 5.74) is 2.62. The van der Waals surface area contributed by atoms with Crippen molar-refractivity contribution in [3.8, 4) is 5.69 Å². The minimum atomic E-state index is -0.321. The number of nitrogens with zero attached hydrogens (tertiary/aromatic N) is 4. The molecule has 8 heteroatoms. The lowest BCUT2D eigenvalue weighted by Gasteiger charge is -2.32. The molecule has 1 aliphatic heterocycles. The predicted octanol–water partition coefficient (Wildman–Crippen LogP) is 3.56. The van der Waals surface area contributed by atoms with E-state index in [2.05, 4.69) is 15.4 Å². The molecule has 0 saturated carbocycles. The van der Waals surface area contributed by atoms with Gasteiger partial charge in [0, 0.05) is 37.1 Å². The van der Waals surface area contributed by atoms with Crippen molar-refractivity contribution in [1.29, 1.82) is 0 Å². The smallest absolute Gasteiger partial charge is 0.255 e. The van der Waals surface area contributed by atoms with E-state index in [0.717, 1.165) is 5.69 Å². The second-order valence-corrected chi connectivity index (χ2v) is 8.26. The molecule has 0 aliphatic carbocycles. The third-order valence-corrected chi connectivity index (χ3v) is 5.71. The van der Waals surface area contributed by atoms with Gasteiger partial charge in [0.05, 0.1) is 23.1 Å². The van der Waals surface area contributed by atoms with Gasteiger partial charge in [0.15, 0.2) is 0 Å². The van der Waals surface area contributed by atoms with Gasteiger partial charge in [0.2, 0.25) is 0 Å². The molecule has 0 radical (unpaired) electrons. The number of halogens is 1. The highest BCUT2D eigenvalue weighted by molar-refractivity contribution is 5.96. The third kappa shape index (κ3) is 4.54. The maximum atomic E-state index is 13.3. The van der Waals surface area contributed by atoms with E-state index in [9.17, 15) is 14.0 Å². The highest BCUT2D eigenvalue weighted by atomic mass is 19.1. The minimum Gasteiger partial charge on any atom is -0.349 e. The SMILES string of the molecule is CC(C)c1c(C(=O)NC2CCN(C(=O)c3ccncc3)CC2)cnn1-c1ccc(F)cc1. The van der Waals surface area contributed by atoms with Crippen molar-refractivity contribution in [2.24, 2.45) is 0 Å². The molecule has 7 nitrogen and oxygen atoms in total. The zero-order valence-corrected chi connectivity index (χ0v) is 18.2. The molecule has 0 atom stereocenters. The lowest BCUT2D eigenvalue weighted by atomic mass is 10.0. The van der Waals surface area contributed by atoms with Gasteiger partial charge in [-0.15, -0.1) is 0 Å². The Morgan fingerprint density at radius 2 is 1.72 bits per heavy atom. The molecule has 166 valence electrons. The summed E-state index contributed by atoms with van der Waals surface area (Å²) < 4.78 is 15.0. The van der Waals surface area contributed by atoms with Crippen molar-refractivity contribution < 1.29 is 14.0 Å². The molecule has 4 rings (SSSR count). The summed E-state index contributed by atoms with van der Waals surface area (Å²) in [6.45, 7) is 5.16. The molecule has 0 spiro atoms. The van der Waals surface area contributed by atoms with Crippen LogP contribution in [0.1, 0.15) is 59.0 Å². The van der Waals surface area contributed by atoms with Crippen LogP contribution in [0.15, 0.2) is 55.0 Å². The average Bonchev–Trinajstić information content (AvgIpc) is 3.26. The summed E-state index contributed by atoms with van der Waals surface area (Å²) in [6, 6.07) is 9.45. The van der Waals surface area contributed by atoms with Crippen LogP contribution in [-0.2, 0) is 0 Å². The molecular weight excluding hydrogens is 409 g/mol. The van der Waals surface area contributed by atoms with Gasteiger partial charge in [0.25, 0.3) is 11.8 Å². The van der Waals surface area contributed by atoms with Gasteiger partial charge < -0.3 is 10.2 Å². The Morgan fingerprint density at radius 1 is 1.06 bits per heavy atom. The molecule has 0 unspecified atom stereocenters. The number of hydrogen-bond acceptors (Lipinski definition) is 4. The lowest BCUT2D eigenvalue weighted by Crippen LogP contribution is -2.46. The highest BCUT2D eigenvalue weighted by Crippen LogP contribution is 2.24. The summed E-state index contributed by atoms with van der Waals surface area (Å²) in [6.07, 6.45) is 6.16. The van der Waals surface area contributed by atoms with Crippen LogP contribution in [0.25, 0.3) is 5.69 Å². The van der Waals surface area contributed by atoms with Crippen LogP contribution in [-0.4, -0.2) is 50.6 Å². The van der Waals surface area contributed by atoms with Gasteiger partial charge in [-0.2, -0.15) is 5.10 Å². The van der Waals surface area contributed by atoms with Gasteiger partial charge >= 0.3 is 0 Å². The van der Waals surface area contributed by atoms with Gasteiger partial charge in [-0.25, -0.2) is 9.07 Å². The van der Waals surface area contributed by atoms with Crippen LogP contribution in [0.3, 0.4) is 0 Å². The molecule has 1 N–H and O–H groups in total. The average molecular weight is 436 g/mol. The first-order chi connectivity index (χ1) is 15.4. The van der Waals surface area contributed by atoms with Crippen molar-refractivity contribution in [2.45, 2.75) is 38.6 Å². The largest absolute Gasteiger partial charge is 0.349 e. The van der Waals surface area contributed by atoms with E-state index in [1.807, 2.05) is 18.7 Å². The maximum absolute atomic E-state index is 13.3. The van der Waals surface area contributed by atoms with Crippen molar-refractivity contribution >= 4 is 11.8 Å². The number of nitrogens with one attached hydrogen (secondary N) is 1. The molecule has 0 bridgehead atoms. The first-order valence-corrected chi connectivity index (χ1v) is 10.8. The number of piperidine rings is 1. The number of pyridine rings is 1. The number of hydrogen-bond donors (Lipinski definition) is 1. The fourth-order valence-corrected chi connectivity index (χ4v) is 4.04. The van der Waals surface area contributed by atoms with E-state index >= 15 is 0 Å². The van der Waals surface area contributed by atoms with Gasteiger partial charge in [-0.3, -0.25) is 14.6 Å². The zero-order valence-electron chi connectivity index (χ0n) is 18.2. The van der Waals surface area contributed by atoms with Crippen molar-refractivity contribution in [3.05, 3.63) is 77.6 Å². The Bertz CT molecular complexity index is 1090. The Kier molecular flexibility index (Phi) is 6.30. The number of amides is 2. The summed E-state index contributed by atoms with van der Waals surface area (Å²) >= 11 is 0. The fourth-order valence-electron chi connectivity index (χ4n) is 4.04. The van der Waals surface area contributed by atoms with Crippen LogP contribution in [0, 0.1) is 5.82 Å². The molecule has 2 aromatic heterocycles. The number of benzene rings is 1. The number of rotatable bonds is 5. The van der Waals surface area contributed by atoms with E-state index < -0.39 is 0 Å². The zero-order chi connectivity index (χ0) is 22.7. The monoisotopic (exact) mass is 435 g/mol. The first-order valence-electron chi connectivity index (χ1n) is 10.8. The van der Waals surface area contributed by atoms with Crippen LogP contribution in [0.5, 0.6) is 0 Å². The Hall–Kier alpha value is -3.55. The normalized spacial score (nSPS) is 14.6. The number of likely N-dealkylation sites (tertiary alicyclic amines) is 1. The second-order valence-electron chi connectivity index (χ2n) is 8.26. The van der Waals surface area contributed by atoms with Crippen LogP contribution in [0.4, 0.5) is 4.39 Å². The van der Waals surface area contributed by atoms with Crippen molar-refractivity contribution in [1.82, 2.24) is 25.0 Å². The van der Waals surface area contributed by atoms with E-state index in [1.165, 1.54) is 12.1 Å². The summed E-state index contributed by atoms with van der Waals surface area (Å²) in [5.74, 6) is -0.470. The quantitative estimate of drug-likeness (QED) is 0.665. The highest BCUT2D eigenvalue weighted by Gasteiger charge is 2.27. The maximum Gasteiger partial charge on any atom is 0.255 e. The molecule has 1 fully saturated rings. The number of carbonyl (C=O) groups excluding carboxylic acids is 2. The molecule has 32 heavy (non-hydrogen) atoms. The standard InChI is InChI=1S/C24H26FN5O2/c1-16(2)22-21(15-27-30(22)20-5-3-18(25)4-6-20)23(31)28-19-9-13-29(14-10-19)24(32)17-7-11-26-12-8-17/h3-8,11-12,15-16,19H,9-10,13-14H2,1-2H3,(H,28,31). The number of carbonyl (C=O) groups is 2. The molecule has 3 heterocycles. The first kappa shape index (κ1) is 21.7. The summed E-state index contributed by atoms with van der Waals surface area (Å²) in [7, 11) is 0. The second kappa shape index (κ2) is 9.30. The minimum absolute atomic E-state index is 0.0140. The molecular formula is C24H26FN5O2.